The molecule has 0 spiro atoms. The van der Waals surface area contributed by atoms with E-state index in [0.717, 1.165) is 18.7 Å². The lowest BCUT2D eigenvalue weighted by Gasteiger charge is -2.30. The molecule has 0 radical (unpaired) electrons. The number of hydrogen-bond acceptors (Lipinski definition) is 1. The van der Waals surface area contributed by atoms with Gasteiger partial charge in [-0.15, -0.1) is 0 Å². The van der Waals surface area contributed by atoms with Crippen molar-refractivity contribution in [2.75, 3.05) is 0 Å². The number of nitrogens with zero attached hydrogens (tertiary/aromatic N) is 2. The minimum absolute atomic E-state index is 0.448. The van der Waals surface area contributed by atoms with Crippen molar-refractivity contribution in [1.29, 1.82) is 0 Å². The molecule has 0 bridgehead atoms. The molecule has 2 aromatic carbocycles. The van der Waals surface area contributed by atoms with Gasteiger partial charge in [0, 0.05) is 18.0 Å². The smallest absolute Gasteiger partial charge is 0.144 e. The van der Waals surface area contributed by atoms with Crippen LogP contribution in [0, 0.1) is 11.8 Å². The molecule has 1 aromatic heterocycles. The second-order valence-corrected chi connectivity index (χ2v) is 10.2. The van der Waals surface area contributed by atoms with E-state index in [1.807, 2.05) is 6.20 Å². The van der Waals surface area contributed by atoms with Gasteiger partial charge in [-0.1, -0.05) is 97.9 Å². The maximum atomic E-state index is 4.91. The molecule has 3 rings (SSSR count). The molecule has 0 fully saturated rings. The monoisotopic (exact) mass is 430 g/mol. The van der Waals surface area contributed by atoms with Crippen molar-refractivity contribution >= 4 is 0 Å². The van der Waals surface area contributed by atoms with Gasteiger partial charge in [0.15, 0.2) is 0 Å². The third kappa shape index (κ3) is 4.70. The maximum Gasteiger partial charge on any atom is 0.144 e. The topological polar surface area (TPSA) is 17.8 Å². The summed E-state index contributed by atoms with van der Waals surface area (Å²) >= 11 is 0. The molecule has 0 aliphatic rings. The van der Waals surface area contributed by atoms with Crippen molar-refractivity contribution in [3.05, 3.63) is 71.5 Å². The highest BCUT2D eigenvalue weighted by Gasteiger charge is 2.26. The summed E-state index contributed by atoms with van der Waals surface area (Å²) in [7, 11) is 0. The van der Waals surface area contributed by atoms with Crippen LogP contribution in [0.15, 0.2) is 54.9 Å². The van der Waals surface area contributed by atoms with Crippen LogP contribution in [0.25, 0.3) is 17.1 Å². The van der Waals surface area contributed by atoms with Crippen LogP contribution in [0.2, 0.25) is 0 Å². The van der Waals surface area contributed by atoms with Crippen LogP contribution in [-0.4, -0.2) is 9.55 Å². The summed E-state index contributed by atoms with van der Waals surface area (Å²) in [4.78, 5) is 4.91. The highest BCUT2D eigenvalue weighted by Crippen LogP contribution is 2.41. The van der Waals surface area contributed by atoms with Gasteiger partial charge in [0.2, 0.25) is 0 Å². The van der Waals surface area contributed by atoms with Gasteiger partial charge in [-0.2, -0.15) is 0 Å². The molecule has 2 unspecified atom stereocenters. The molecule has 32 heavy (non-hydrogen) atoms. The van der Waals surface area contributed by atoms with Crippen LogP contribution < -0.4 is 0 Å². The number of aromatic nitrogens is 2. The number of para-hydroxylation sites is 1. The van der Waals surface area contributed by atoms with Crippen LogP contribution in [0.1, 0.15) is 103 Å². The van der Waals surface area contributed by atoms with Gasteiger partial charge in [-0.3, -0.25) is 4.57 Å². The predicted octanol–water partition coefficient (Wildman–Crippen LogP) is 8.96. The largest absolute Gasteiger partial charge is 0.299 e. The number of benzene rings is 2. The van der Waals surface area contributed by atoms with Crippen LogP contribution in [-0.2, 0) is 0 Å². The lowest BCUT2D eigenvalue weighted by atomic mass is 9.79. The van der Waals surface area contributed by atoms with Crippen LogP contribution in [0.5, 0.6) is 0 Å². The summed E-state index contributed by atoms with van der Waals surface area (Å²) in [6, 6.07) is 15.8. The second-order valence-electron chi connectivity index (χ2n) is 10.2. The molecule has 2 nitrogen and oxygen atoms in total. The second kappa shape index (κ2) is 10.5. The normalized spacial score (nSPS) is 13.8. The average molecular weight is 431 g/mol. The number of imidazole rings is 1. The van der Waals surface area contributed by atoms with E-state index in [0.29, 0.717) is 29.6 Å². The van der Waals surface area contributed by atoms with Crippen molar-refractivity contribution in [2.45, 2.75) is 86.0 Å². The zero-order valence-electron chi connectivity index (χ0n) is 21.4. The summed E-state index contributed by atoms with van der Waals surface area (Å²) in [6.45, 7) is 18.6. The fourth-order valence-electron chi connectivity index (χ4n) is 5.44. The zero-order chi connectivity index (χ0) is 23.4. The van der Waals surface area contributed by atoms with Crippen LogP contribution in [0.4, 0.5) is 0 Å². The number of rotatable bonds is 9. The third-order valence-corrected chi connectivity index (χ3v) is 7.09. The molecule has 2 heteroatoms. The summed E-state index contributed by atoms with van der Waals surface area (Å²) in [5.41, 5.74) is 6.87. The van der Waals surface area contributed by atoms with Crippen molar-refractivity contribution in [2.24, 2.45) is 11.8 Å². The van der Waals surface area contributed by atoms with E-state index in [4.69, 9.17) is 4.98 Å². The molecule has 3 aromatic rings. The Labute approximate surface area is 196 Å². The molecule has 0 aliphatic heterocycles. The lowest BCUT2D eigenvalue weighted by molar-refractivity contribution is 0.471. The maximum absolute atomic E-state index is 4.91. The van der Waals surface area contributed by atoms with Crippen molar-refractivity contribution < 1.29 is 0 Å². The zero-order valence-corrected chi connectivity index (χ0v) is 21.4. The fourth-order valence-corrected chi connectivity index (χ4v) is 5.44. The summed E-state index contributed by atoms with van der Waals surface area (Å²) < 4.78 is 2.39. The molecule has 2 atom stereocenters. The van der Waals surface area contributed by atoms with E-state index in [1.54, 1.807) is 0 Å². The molecule has 0 saturated carbocycles. The van der Waals surface area contributed by atoms with E-state index in [1.165, 1.54) is 27.9 Å². The molecule has 0 N–H and O–H groups in total. The minimum atomic E-state index is 0.448. The van der Waals surface area contributed by atoms with Gasteiger partial charge < -0.3 is 0 Å². The first kappa shape index (κ1) is 24.3. The average Bonchev–Trinajstić information content (AvgIpc) is 3.23. The van der Waals surface area contributed by atoms with E-state index < -0.39 is 0 Å². The van der Waals surface area contributed by atoms with Gasteiger partial charge in [-0.25, -0.2) is 4.98 Å². The molecule has 1 heterocycles. The molecule has 0 saturated heterocycles. The Morgan fingerprint density at radius 2 is 1.25 bits per heavy atom. The summed E-state index contributed by atoms with van der Waals surface area (Å²) in [5, 5.41) is 0. The van der Waals surface area contributed by atoms with Gasteiger partial charge >= 0.3 is 0 Å². The van der Waals surface area contributed by atoms with E-state index in [-0.39, 0.29) is 0 Å². The van der Waals surface area contributed by atoms with Gasteiger partial charge in [0.25, 0.3) is 0 Å². The summed E-state index contributed by atoms with van der Waals surface area (Å²) in [6.07, 6.45) is 6.42. The van der Waals surface area contributed by atoms with Crippen LogP contribution in [0.3, 0.4) is 0 Å². The number of hydrogen-bond donors (Lipinski definition) is 0. The van der Waals surface area contributed by atoms with Gasteiger partial charge in [0.1, 0.15) is 5.82 Å². The lowest BCUT2D eigenvalue weighted by Crippen LogP contribution is -2.16. The first-order valence-corrected chi connectivity index (χ1v) is 12.6. The SMILES string of the molecule is CCC(c1cccc(C(CC)C(C)C)c1-n1ccnc1-c1ccccc1C(C)C)C(C)C. The molecule has 172 valence electrons. The molecular weight excluding hydrogens is 388 g/mol. The highest BCUT2D eigenvalue weighted by molar-refractivity contribution is 5.66. The van der Waals surface area contributed by atoms with E-state index in [2.05, 4.69) is 109 Å². The Morgan fingerprint density at radius 3 is 1.75 bits per heavy atom. The Balaban J connectivity index is 2.35. The van der Waals surface area contributed by atoms with Crippen LogP contribution >= 0.6 is 0 Å². The highest BCUT2D eigenvalue weighted by atomic mass is 15.1. The fraction of sp³-hybridized carbons (Fsp3) is 0.500. The van der Waals surface area contributed by atoms with E-state index >= 15 is 0 Å². The third-order valence-electron chi connectivity index (χ3n) is 7.09. The quantitative estimate of drug-likeness (QED) is 0.331. The predicted molar refractivity (Wildman–Crippen MR) is 139 cm³/mol. The minimum Gasteiger partial charge on any atom is -0.299 e. The standard InChI is InChI=1S/C30H42N2/c1-9-23(20(3)4)26-16-13-17-27(24(10-2)21(5)6)29(26)32-19-18-31-30(32)28-15-12-11-14-25(28)22(7)8/h11-24H,9-10H2,1-8H3. The Kier molecular flexibility index (Phi) is 7.98. The Morgan fingerprint density at radius 1 is 0.719 bits per heavy atom. The van der Waals surface area contributed by atoms with Gasteiger partial charge in [-0.05, 0) is 59.1 Å². The molecular formula is C30H42N2. The van der Waals surface area contributed by atoms with Crippen molar-refractivity contribution in [3.8, 4) is 17.1 Å². The molecule has 0 amide bonds. The summed E-state index contributed by atoms with van der Waals surface area (Å²) in [5.74, 6) is 3.71. The van der Waals surface area contributed by atoms with Crippen molar-refractivity contribution in [3.63, 3.8) is 0 Å². The first-order valence-electron chi connectivity index (χ1n) is 12.6. The van der Waals surface area contributed by atoms with Gasteiger partial charge in [0.05, 0.1) is 5.69 Å². The molecule has 0 aliphatic carbocycles. The Hall–Kier alpha value is -2.35. The Bertz CT molecular complexity index is 975. The van der Waals surface area contributed by atoms with Crippen molar-refractivity contribution in [1.82, 2.24) is 9.55 Å². The van der Waals surface area contributed by atoms with E-state index in [9.17, 15) is 0 Å². The first-order chi connectivity index (χ1) is 15.3.